The number of rotatable bonds is 6. The molecule has 0 unspecified atom stereocenters. The first kappa shape index (κ1) is 16.8. The summed E-state index contributed by atoms with van der Waals surface area (Å²) < 4.78 is 11.6. The van der Waals surface area contributed by atoms with Crippen molar-refractivity contribution in [2.24, 2.45) is 0 Å². The zero-order chi connectivity index (χ0) is 16.9. The van der Waals surface area contributed by atoms with Crippen LogP contribution in [0.5, 0.6) is 11.5 Å². The Morgan fingerprint density at radius 3 is 2.67 bits per heavy atom. The first-order valence-corrected chi connectivity index (χ1v) is 8.63. The molecule has 0 radical (unpaired) electrons. The third kappa shape index (κ3) is 4.07. The first-order valence-electron chi connectivity index (χ1n) is 7.84. The topological polar surface area (TPSA) is 59.6 Å². The van der Waals surface area contributed by atoms with Crippen LogP contribution in [0.25, 0.3) is 0 Å². The summed E-state index contributed by atoms with van der Waals surface area (Å²) in [6.45, 7) is 2.55. The highest BCUT2D eigenvalue weighted by Gasteiger charge is 2.15. The number of hydrogen-bond acceptors (Lipinski definition) is 4. The highest BCUT2D eigenvalue weighted by atomic mass is 79.9. The van der Waals surface area contributed by atoms with Crippen LogP contribution in [-0.2, 0) is 4.79 Å². The van der Waals surface area contributed by atoms with Crippen molar-refractivity contribution in [3.05, 3.63) is 52.5 Å². The molecule has 0 aliphatic carbocycles. The van der Waals surface area contributed by atoms with E-state index in [0.717, 1.165) is 16.5 Å². The molecule has 1 heterocycles. The van der Waals surface area contributed by atoms with Crippen LogP contribution in [0, 0.1) is 0 Å². The third-order valence-electron chi connectivity index (χ3n) is 3.85. The van der Waals surface area contributed by atoms with Gasteiger partial charge in [-0.1, -0.05) is 35.0 Å². The fourth-order valence-corrected chi connectivity index (χ4v) is 2.85. The minimum absolute atomic E-state index is 0.0931. The monoisotopic (exact) mass is 390 g/mol. The quantitative estimate of drug-likeness (QED) is 0.785. The van der Waals surface area contributed by atoms with E-state index in [-0.39, 0.29) is 25.3 Å². The number of hydrogen-bond donors (Lipinski definition) is 2. The van der Waals surface area contributed by atoms with Crippen molar-refractivity contribution in [1.82, 2.24) is 5.32 Å². The molecule has 1 aliphatic rings. The number of nitrogens with one attached hydrogen (secondary N) is 2. The summed E-state index contributed by atoms with van der Waals surface area (Å²) in [6, 6.07) is 13.6. The highest BCUT2D eigenvalue weighted by molar-refractivity contribution is 9.10. The maximum Gasteiger partial charge on any atom is 0.238 e. The maximum atomic E-state index is 12.2. The van der Waals surface area contributed by atoms with Crippen molar-refractivity contribution in [1.29, 1.82) is 0 Å². The van der Waals surface area contributed by atoms with Gasteiger partial charge in [0.2, 0.25) is 12.7 Å². The Kier molecular flexibility index (Phi) is 5.37. The first-order chi connectivity index (χ1) is 11.7. The van der Waals surface area contributed by atoms with E-state index < -0.39 is 0 Å². The number of carbonyl (C=O) groups excluding carboxylic acids is 1. The molecule has 0 spiro atoms. The second-order valence-electron chi connectivity index (χ2n) is 5.51. The Balaban J connectivity index is 1.55. The fraction of sp³-hybridized carbons (Fsp3) is 0.278. The molecule has 2 N–H and O–H groups in total. The molecule has 2 aromatic rings. The van der Waals surface area contributed by atoms with Gasteiger partial charge in [0, 0.05) is 22.3 Å². The minimum atomic E-state index is -0.0931. The Morgan fingerprint density at radius 2 is 1.92 bits per heavy atom. The predicted octanol–water partition coefficient (Wildman–Crippen LogP) is 3.86. The van der Waals surface area contributed by atoms with Gasteiger partial charge in [0.1, 0.15) is 0 Å². The minimum Gasteiger partial charge on any atom is -0.454 e. The maximum absolute atomic E-state index is 12.2. The molecule has 0 saturated heterocycles. The molecule has 1 amide bonds. The van der Waals surface area contributed by atoms with Crippen molar-refractivity contribution >= 4 is 27.5 Å². The fourth-order valence-electron chi connectivity index (χ4n) is 2.59. The molecule has 5 nitrogen and oxygen atoms in total. The summed E-state index contributed by atoms with van der Waals surface area (Å²) in [5.74, 6) is 1.26. The molecular weight excluding hydrogens is 372 g/mol. The van der Waals surface area contributed by atoms with Gasteiger partial charge in [-0.3, -0.25) is 4.79 Å². The number of halogens is 1. The SMILES string of the molecule is CC[C@@H](NCC(=O)Nc1ccc2c(c1)OCO2)c1ccc(Br)cc1. The third-order valence-corrected chi connectivity index (χ3v) is 4.37. The van der Waals surface area contributed by atoms with E-state index in [9.17, 15) is 4.79 Å². The molecule has 2 aromatic carbocycles. The lowest BCUT2D eigenvalue weighted by molar-refractivity contribution is -0.115. The van der Waals surface area contributed by atoms with Gasteiger partial charge in [0.15, 0.2) is 11.5 Å². The molecule has 24 heavy (non-hydrogen) atoms. The van der Waals surface area contributed by atoms with Crippen LogP contribution in [-0.4, -0.2) is 19.2 Å². The molecule has 126 valence electrons. The number of fused-ring (bicyclic) bond motifs is 1. The normalized spacial score (nSPS) is 13.6. The van der Waals surface area contributed by atoms with Gasteiger partial charge in [0.25, 0.3) is 0 Å². The standard InChI is InChI=1S/C18H19BrN2O3/c1-2-15(12-3-5-13(19)6-4-12)20-10-18(22)21-14-7-8-16-17(9-14)24-11-23-16/h3-9,15,20H,2,10-11H2,1H3,(H,21,22)/t15-/m1/s1. The number of ether oxygens (including phenoxy) is 2. The van der Waals surface area contributed by atoms with Crippen molar-refractivity contribution in [3.8, 4) is 11.5 Å². The van der Waals surface area contributed by atoms with Crippen molar-refractivity contribution < 1.29 is 14.3 Å². The van der Waals surface area contributed by atoms with Crippen LogP contribution >= 0.6 is 15.9 Å². The lowest BCUT2D eigenvalue weighted by Gasteiger charge is -2.17. The summed E-state index contributed by atoms with van der Waals surface area (Å²) in [7, 11) is 0. The van der Waals surface area contributed by atoms with Gasteiger partial charge in [0.05, 0.1) is 6.54 Å². The zero-order valence-corrected chi connectivity index (χ0v) is 14.9. The van der Waals surface area contributed by atoms with Crippen LogP contribution in [0.3, 0.4) is 0 Å². The van der Waals surface area contributed by atoms with E-state index in [4.69, 9.17) is 9.47 Å². The molecule has 0 fully saturated rings. The van der Waals surface area contributed by atoms with Crippen LogP contribution in [0.15, 0.2) is 46.9 Å². The molecule has 1 aliphatic heterocycles. The number of anilines is 1. The Labute approximate surface area is 149 Å². The summed E-state index contributed by atoms with van der Waals surface area (Å²) >= 11 is 3.43. The van der Waals surface area contributed by atoms with Crippen molar-refractivity contribution in [3.63, 3.8) is 0 Å². The summed E-state index contributed by atoms with van der Waals surface area (Å²) in [5, 5.41) is 6.16. The zero-order valence-electron chi connectivity index (χ0n) is 13.3. The Morgan fingerprint density at radius 1 is 1.17 bits per heavy atom. The Hall–Kier alpha value is -2.05. The molecule has 0 bridgehead atoms. The summed E-state index contributed by atoms with van der Waals surface area (Å²) in [6.07, 6.45) is 0.902. The highest BCUT2D eigenvalue weighted by Crippen LogP contribution is 2.34. The molecule has 3 rings (SSSR count). The van der Waals surface area contributed by atoms with Gasteiger partial charge in [-0.05, 0) is 36.2 Å². The van der Waals surface area contributed by atoms with Crippen LogP contribution in [0.1, 0.15) is 24.9 Å². The summed E-state index contributed by atoms with van der Waals surface area (Å²) in [4.78, 5) is 12.2. The van der Waals surface area contributed by atoms with E-state index in [0.29, 0.717) is 17.2 Å². The molecule has 0 aromatic heterocycles. The van der Waals surface area contributed by atoms with Gasteiger partial charge in [-0.15, -0.1) is 0 Å². The van der Waals surface area contributed by atoms with Gasteiger partial charge in [-0.25, -0.2) is 0 Å². The molecule has 6 heteroatoms. The molecular formula is C18H19BrN2O3. The van der Waals surface area contributed by atoms with E-state index in [2.05, 4.69) is 45.6 Å². The second kappa shape index (κ2) is 7.68. The van der Waals surface area contributed by atoms with Crippen LogP contribution in [0.2, 0.25) is 0 Å². The number of carbonyl (C=O) groups is 1. The summed E-state index contributed by atoms with van der Waals surface area (Å²) in [5.41, 5.74) is 1.86. The van der Waals surface area contributed by atoms with Gasteiger partial charge < -0.3 is 20.1 Å². The number of benzene rings is 2. The average molecular weight is 391 g/mol. The molecule has 0 saturated carbocycles. The average Bonchev–Trinajstić information content (AvgIpc) is 3.04. The number of amides is 1. The van der Waals surface area contributed by atoms with Crippen LogP contribution < -0.4 is 20.1 Å². The lowest BCUT2D eigenvalue weighted by atomic mass is 10.0. The lowest BCUT2D eigenvalue weighted by Crippen LogP contribution is -2.31. The van der Waals surface area contributed by atoms with Gasteiger partial charge in [-0.2, -0.15) is 0 Å². The smallest absolute Gasteiger partial charge is 0.238 e. The van der Waals surface area contributed by atoms with E-state index in [1.54, 1.807) is 18.2 Å². The van der Waals surface area contributed by atoms with Crippen molar-refractivity contribution in [2.75, 3.05) is 18.7 Å². The van der Waals surface area contributed by atoms with E-state index in [1.165, 1.54) is 0 Å². The van der Waals surface area contributed by atoms with E-state index >= 15 is 0 Å². The van der Waals surface area contributed by atoms with Crippen LogP contribution in [0.4, 0.5) is 5.69 Å². The second-order valence-corrected chi connectivity index (χ2v) is 6.43. The van der Waals surface area contributed by atoms with Crippen molar-refractivity contribution in [2.45, 2.75) is 19.4 Å². The Bertz CT molecular complexity index is 719. The van der Waals surface area contributed by atoms with Gasteiger partial charge >= 0.3 is 0 Å². The predicted molar refractivity (Wildman–Crippen MR) is 96.4 cm³/mol. The largest absolute Gasteiger partial charge is 0.454 e. The molecule has 1 atom stereocenters. The van der Waals surface area contributed by atoms with E-state index in [1.807, 2.05) is 12.1 Å².